The maximum Gasteiger partial charge on any atom is 0.255 e. The van der Waals surface area contributed by atoms with Gasteiger partial charge in [0, 0.05) is 35.6 Å². The van der Waals surface area contributed by atoms with E-state index < -0.39 is 9.84 Å². The SMILES string of the molecule is CS(=O)(=O)c1cccc(C(=O)Nc2cccc(-n3cccc3)c2)c1. The van der Waals surface area contributed by atoms with Crippen molar-refractivity contribution in [3.8, 4) is 5.69 Å². The van der Waals surface area contributed by atoms with Gasteiger partial charge in [0.1, 0.15) is 0 Å². The van der Waals surface area contributed by atoms with Gasteiger partial charge in [0.05, 0.1) is 4.90 Å². The van der Waals surface area contributed by atoms with Crippen LogP contribution >= 0.6 is 0 Å². The topological polar surface area (TPSA) is 68.2 Å². The molecule has 0 bridgehead atoms. The van der Waals surface area contributed by atoms with E-state index in [0.29, 0.717) is 11.3 Å². The van der Waals surface area contributed by atoms with Gasteiger partial charge in [0.25, 0.3) is 5.91 Å². The summed E-state index contributed by atoms with van der Waals surface area (Å²) in [4.78, 5) is 12.5. The molecule has 0 saturated heterocycles. The van der Waals surface area contributed by atoms with Crippen LogP contribution in [0.25, 0.3) is 5.69 Å². The second-order valence-corrected chi connectivity index (χ2v) is 7.41. The molecule has 122 valence electrons. The highest BCUT2D eigenvalue weighted by molar-refractivity contribution is 7.90. The van der Waals surface area contributed by atoms with Crippen LogP contribution in [0.2, 0.25) is 0 Å². The fourth-order valence-electron chi connectivity index (χ4n) is 2.32. The van der Waals surface area contributed by atoms with Gasteiger partial charge in [-0.2, -0.15) is 0 Å². The van der Waals surface area contributed by atoms with Gasteiger partial charge in [0.2, 0.25) is 0 Å². The van der Waals surface area contributed by atoms with Crippen LogP contribution in [0.3, 0.4) is 0 Å². The molecule has 0 saturated carbocycles. The second kappa shape index (κ2) is 6.33. The Morgan fingerprint density at radius 2 is 1.67 bits per heavy atom. The third-order valence-electron chi connectivity index (χ3n) is 3.53. The second-order valence-electron chi connectivity index (χ2n) is 5.39. The van der Waals surface area contributed by atoms with Crippen molar-refractivity contribution in [2.24, 2.45) is 0 Å². The number of benzene rings is 2. The van der Waals surface area contributed by atoms with Gasteiger partial charge in [-0.05, 0) is 48.5 Å². The van der Waals surface area contributed by atoms with Crippen LogP contribution in [0.1, 0.15) is 10.4 Å². The first-order valence-electron chi connectivity index (χ1n) is 7.28. The number of hydrogen-bond acceptors (Lipinski definition) is 3. The van der Waals surface area contributed by atoms with E-state index in [0.717, 1.165) is 11.9 Å². The first-order chi connectivity index (χ1) is 11.4. The number of rotatable bonds is 4. The molecule has 0 aliphatic heterocycles. The lowest BCUT2D eigenvalue weighted by atomic mass is 10.2. The maximum atomic E-state index is 12.4. The van der Waals surface area contributed by atoms with E-state index in [2.05, 4.69) is 5.32 Å². The van der Waals surface area contributed by atoms with E-state index in [9.17, 15) is 13.2 Å². The quantitative estimate of drug-likeness (QED) is 0.793. The van der Waals surface area contributed by atoms with Crippen LogP contribution in [0.15, 0.2) is 78.0 Å². The van der Waals surface area contributed by atoms with Crippen LogP contribution in [-0.2, 0) is 9.84 Å². The van der Waals surface area contributed by atoms with Crippen LogP contribution in [0.4, 0.5) is 5.69 Å². The Balaban J connectivity index is 1.84. The Morgan fingerprint density at radius 1 is 0.958 bits per heavy atom. The first-order valence-corrected chi connectivity index (χ1v) is 9.17. The fourth-order valence-corrected chi connectivity index (χ4v) is 2.99. The van der Waals surface area contributed by atoms with Crippen molar-refractivity contribution in [2.75, 3.05) is 11.6 Å². The molecule has 0 spiro atoms. The summed E-state index contributed by atoms with van der Waals surface area (Å²) in [5.41, 5.74) is 1.85. The number of aromatic nitrogens is 1. The molecule has 1 heterocycles. The first kappa shape index (κ1) is 16.0. The monoisotopic (exact) mass is 340 g/mol. The van der Waals surface area contributed by atoms with E-state index >= 15 is 0 Å². The van der Waals surface area contributed by atoms with Gasteiger partial charge in [-0.15, -0.1) is 0 Å². The third-order valence-corrected chi connectivity index (χ3v) is 4.64. The molecule has 5 nitrogen and oxygen atoms in total. The zero-order valence-electron chi connectivity index (χ0n) is 13.0. The molecular weight excluding hydrogens is 324 g/mol. The number of carbonyl (C=O) groups is 1. The molecule has 1 amide bonds. The summed E-state index contributed by atoms with van der Waals surface area (Å²) in [6, 6.07) is 17.2. The fraction of sp³-hybridized carbons (Fsp3) is 0.0556. The summed E-state index contributed by atoms with van der Waals surface area (Å²) < 4.78 is 25.1. The zero-order chi connectivity index (χ0) is 17.2. The van der Waals surface area contributed by atoms with Crippen molar-refractivity contribution in [2.45, 2.75) is 4.90 Å². The number of amides is 1. The van der Waals surface area contributed by atoms with Gasteiger partial charge in [0.15, 0.2) is 9.84 Å². The van der Waals surface area contributed by atoms with Gasteiger partial charge in [-0.3, -0.25) is 4.79 Å². The largest absolute Gasteiger partial charge is 0.324 e. The van der Waals surface area contributed by atoms with Crippen molar-refractivity contribution in [3.05, 3.63) is 78.6 Å². The molecule has 0 radical (unpaired) electrons. The summed E-state index contributed by atoms with van der Waals surface area (Å²) in [6.45, 7) is 0. The molecule has 24 heavy (non-hydrogen) atoms. The Bertz CT molecular complexity index is 977. The van der Waals surface area contributed by atoms with E-state index in [1.165, 1.54) is 12.1 Å². The highest BCUT2D eigenvalue weighted by atomic mass is 32.2. The minimum Gasteiger partial charge on any atom is -0.324 e. The normalized spacial score (nSPS) is 11.2. The molecule has 0 atom stereocenters. The van der Waals surface area contributed by atoms with E-state index in [-0.39, 0.29) is 10.8 Å². The van der Waals surface area contributed by atoms with Gasteiger partial charge < -0.3 is 9.88 Å². The van der Waals surface area contributed by atoms with Gasteiger partial charge >= 0.3 is 0 Å². The molecule has 2 aromatic carbocycles. The van der Waals surface area contributed by atoms with Crippen LogP contribution in [0.5, 0.6) is 0 Å². The van der Waals surface area contributed by atoms with Crippen LogP contribution < -0.4 is 5.32 Å². The summed E-state index contributed by atoms with van der Waals surface area (Å²) in [7, 11) is -3.35. The zero-order valence-corrected chi connectivity index (χ0v) is 13.8. The predicted octanol–water partition coefficient (Wildman–Crippen LogP) is 3.13. The lowest BCUT2D eigenvalue weighted by Gasteiger charge is -2.09. The van der Waals surface area contributed by atoms with Crippen LogP contribution in [0, 0.1) is 0 Å². The minimum atomic E-state index is -3.35. The van der Waals surface area contributed by atoms with Crippen LogP contribution in [-0.4, -0.2) is 25.1 Å². The summed E-state index contributed by atoms with van der Waals surface area (Å²) >= 11 is 0. The van der Waals surface area contributed by atoms with Crippen molar-refractivity contribution in [1.29, 1.82) is 0 Å². The minimum absolute atomic E-state index is 0.122. The van der Waals surface area contributed by atoms with Crippen molar-refractivity contribution in [1.82, 2.24) is 4.57 Å². The molecule has 1 aromatic heterocycles. The molecular formula is C18H16N2O3S. The Morgan fingerprint density at radius 3 is 2.38 bits per heavy atom. The lowest BCUT2D eigenvalue weighted by Crippen LogP contribution is -2.13. The summed E-state index contributed by atoms with van der Waals surface area (Å²) in [5.74, 6) is -0.356. The standard InChI is InChI=1S/C18H16N2O3S/c1-24(22,23)17-9-4-6-14(12-17)18(21)19-15-7-5-8-16(13-15)20-10-2-3-11-20/h2-13H,1H3,(H,19,21). The number of sulfone groups is 1. The molecule has 0 aliphatic carbocycles. The molecule has 6 heteroatoms. The molecule has 1 N–H and O–H groups in total. The van der Waals surface area contributed by atoms with Crippen molar-refractivity contribution >= 4 is 21.4 Å². The molecule has 3 rings (SSSR count). The number of hydrogen-bond donors (Lipinski definition) is 1. The maximum absolute atomic E-state index is 12.4. The molecule has 3 aromatic rings. The van der Waals surface area contributed by atoms with Gasteiger partial charge in [-0.25, -0.2) is 8.42 Å². The third kappa shape index (κ3) is 3.55. The average molecular weight is 340 g/mol. The van der Waals surface area contributed by atoms with E-state index in [4.69, 9.17) is 0 Å². The highest BCUT2D eigenvalue weighted by Gasteiger charge is 2.12. The predicted molar refractivity (Wildman–Crippen MR) is 93.3 cm³/mol. The summed E-state index contributed by atoms with van der Waals surface area (Å²) in [6.07, 6.45) is 4.94. The summed E-state index contributed by atoms with van der Waals surface area (Å²) in [5, 5.41) is 2.79. The molecule has 0 fully saturated rings. The number of nitrogens with one attached hydrogen (secondary N) is 1. The Kier molecular flexibility index (Phi) is 4.22. The van der Waals surface area contributed by atoms with Crippen molar-refractivity contribution < 1.29 is 13.2 Å². The van der Waals surface area contributed by atoms with E-state index in [1.807, 2.05) is 47.3 Å². The van der Waals surface area contributed by atoms with Crippen molar-refractivity contribution in [3.63, 3.8) is 0 Å². The molecule has 0 unspecified atom stereocenters. The lowest BCUT2D eigenvalue weighted by molar-refractivity contribution is 0.102. The number of nitrogens with zero attached hydrogens (tertiary/aromatic N) is 1. The van der Waals surface area contributed by atoms with E-state index in [1.54, 1.807) is 18.2 Å². The highest BCUT2D eigenvalue weighted by Crippen LogP contribution is 2.17. The smallest absolute Gasteiger partial charge is 0.255 e. The van der Waals surface area contributed by atoms with Gasteiger partial charge in [-0.1, -0.05) is 12.1 Å². The Labute approximate surface area is 140 Å². The molecule has 0 aliphatic rings. The average Bonchev–Trinajstić information content (AvgIpc) is 3.09. The number of anilines is 1. The number of carbonyl (C=O) groups excluding carboxylic acids is 1. The Hall–Kier alpha value is -2.86.